The predicted octanol–water partition coefficient (Wildman–Crippen LogP) is 5.64. The number of para-hydroxylation sites is 3. The van der Waals surface area contributed by atoms with Gasteiger partial charge in [-0.1, -0.05) is 61.2 Å². The largest absolute Gasteiger partial charge is 0.493 e. The van der Waals surface area contributed by atoms with E-state index in [2.05, 4.69) is 5.32 Å². The van der Waals surface area contributed by atoms with Crippen molar-refractivity contribution in [1.29, 1.82) is 0 Å². The van der Waals surface area contributed by atoms with Gasteiger partial charge in [-0.25, -0.2) is 0 Å². The Kier molecular flexibility index (Phi) is 6.98. The number of carbonyl (C=O) groups excluding carboxylic acids is 1. The molecule has 28 heavy (non-hydrogen) atoms. The molecule has 0 unspecified atom stereocenters. The van der Waals surface area contributed by atoms with Gasteiger partial charge in [0.05, 0.1) is 12.8 Å². The molecule has 0 aliphatic rings. The molecule has 0 fully saturated rings. The topological polar surface area (TPSA) is 47.6 Å². The highest BCUT2D eigenvalue weighted by Crippen LogP contribution is 2.33. The van der Waals surface area contributed by atoms with Crippen molar-refractivity contribution in [2.45, 2.75) is 29.2 Å². The lowest BCUT2D eigenvalue weighted by molar-refractivity contribution is -0.122. The third kappa shape index (κ3) is 5.08. The monoisotopic (exact) mass is 393 g/mol. The molecule has 0 bridgehead atoms. The van der Waals surface area contributed by atoms with Crippen molar-refractivity contribution in [2.24, 2.45) is 0 Å². The fourth-order valence-corrected chi connectivity index (χ4v) is 3.60. The number of rotatable bonds is 8. The Morgan fingerprint density at radius 3 is 2.29 bits per heavy atom. The molecule has 0 aromatic heterocycles. The Hall–Kier alpha value is -2.92. The minimum atomic E-state index is -0.619. The Morgan fingerprint density at radius 2 is 1.57 bits per heavy atom. The van der Waals surface area contributed by atoms with E-state index in [0.29, 0.717) is 17.9 Å². The van der Waals surface area contributed by atoms with Gasteiger partial charge >= 0.3 is 0 Å². The van der Waals surface area contributed by atoms with Crippen LogP contribution in [0.2, 0.25) is 0 Å². The molecule has 4 nitrogen and oxygen atoms in total. The number of amides is 1. The Morgan fingerprint density at radius 1 is 0.929 bits per heavy atom. The maximum Gasteiger partial charge on any atom is 0.265 e. The first-order chi connectivity index (χ1) is 13.7. The lowest BCUT2D eigenvalue weighted by Gasteiger charge is -2.19. The molecule has 0 saturated heterocycles. The van der Waals surface area contributed by atoms with E-state index in [1.165, 1.54) is 0 Å². The van der Waals surface area contributed by atoms with Gasteiger partial charge in [0, 0.05) is 9.79 Å². The van der Waals surface area contributed by atoms with Crippen LogP contribution in [0.4, 0.5) is 5.69 Å². The van der Waals surface area contributed by atoms with Crippen molar-refractivity contribution in [2.75, 3.05) is 12.4 Å². The van der Waals surface area contributed by atoms with Gasteiger partial charge in [-0.15, -0.1) is 0 Å². The third-order valence-corrected chi connectivity index (χ3v) is 5.20. The zero-order valence-corrected chi connectivity index (χ0v) is 16.7. The molecule has 0 saturated carbocycles. The second kappa shape index (κ2) is 9.85. The summed E-state index contributed by atoms with van der Waals surface area (Å²) in [5.74, 6) is 0.974. The Bertz CT molecular complexity index is 914. The van der Waals surface area contributed by atoms with E-state index in [-0.39, 0.29) is 5.91 Å². The minimum absolute atomic E-state index is 0.186. The standard InChI is InChI=1S/C23H23NO3S/c1-3-19(27-21-15-9-8-14-20(21)26-2)23(25)24-18-13-7-10-16-22(18)28-17-11-5-4-6-12-17/h4-16,19H,3H2,1-2H3,(H,24,25)/t19-/m0/s1. The van der Waals surface area contributed by atoms with E-state index in [9.17, 15) is 4.79 Å². The van der Waals surface area contributed by atoms with Crippen molar-refractivity contribution < 1.29 is 14.3 Å². The molecule has 1 atom stereocenters. The number of methoxy groups -OCH3 is 1. The number of hydrogen-bond donors (Lipinski definition) is 1. The molecule has 3 aromatic carbocycles. The van der Waals surface area contributed by atoms with Gasteiger partial charge < -0.3 is 14.8 Å². The summed E-state index contributed by atoms with van der Waals surface area (Å²) >= 11 is 1.61. The molecule has 0 aliphatic heterocycles. The summed E-state index contributed by atoms with van der Waals surface area (Å²) in [7, 11) is 1.58. The summed E-state index contributed by atoms with van der Waals surface area (Å²) in [5.41, 5.74) is 0.767. The predicted molar refractivity (Wildman–Crippen MR) is 113 cm³/mol. The van der Waals surface area contributed by atoms with Crippen LogP contribution in [0.1, 0.15) is 13.3 Å². The SMILES string of the molecule is CC[C@H](Oc1ccccc1OC)C(=O)Nc1ccccc1Sc1ccccc1. The van der Waals surface area contributed by atoms with Crippen molar-refractivity contribution in [3.8, 4) is 11.5 Å². The average molecular weight is 394 g/mol. The normalized spacial score (nSPS) is 11.5. The van der Waals surface area contributed by atoms with Crippen LogP contribution >= 0.6 is 11.8 Å². The molecule has 3 rings (SSSR count). The van der Waals surface area contributed by atoms with Crippen LogP contribution in [0.5, 0.6) is 11.5 Å². The molecule has 0 spiro atoms. The van der Waals surface area contributed by atoms with Gasteiger partial charge in [0.25, 0.3) is 5.91 Å². The number of hydrogen-bond acceptors (Lipinski definition) is 4. The lowest BCUT2D eigenvalue weighted by atomic mass is 10.2. The Balaban J connectivity index is 1.74. The second-order valence-corrected chi connectivity index (χ2v) is 7.18. The summed E-state index contributed by atoms with van der Waals surface area (Å²) in [6.45, 7) is 1.92. The molecule has 0 radical (unpaired) electrons. The zero-order chi connectivity index (χ0) is 19.8. The highest BCUT2D eigenvalue weighted by molar-refractivity contribution is 7.99. The van der Waals surface area contributed by atoms with Gasteiger partial charge in [-0.3, -0.25) is 4.79 Å². The number of nitrogens with one attached hydrogen (secondary N) is 1. The summed E-state index contributed by atoms with van der Waals surface area (Å²) < 4.78 is 11.2. The van der Waals surface area contributed by atoms with Crippen LogP contribution in [-0.2, 0) is 4.79 Å². The first-order valence-electron chi connectivity index (χ1n) is 9.13. The molecule has 1 amide bonds. The van der Waals surface area contributed by atoms with Crippen LogP contribution in [0.15, 0.2) is 88.7 Å². The van der Waals surface area contributed by atoms with E-state index in [4.69, 9.17) is 9.47 Å². The van der Waals surface area contributed by atoms with E-state index >= 15 is 0 Å². The minimum Gasteiger partial charge on any atom is -0.493 e. The zero-order valence-electron chi connectivity index (χ0n) is 15.9. The molecular formula is C23H23NO3S. The molecule has 3 aromatic rings. The first kappa shape index (κ1) is 19.8. The van der Waals surface area contributed by atoms with Crippen molar-refractivity contribution >= 4 is 23.4 Å². The van der Waals surface area contributed by atoms with Gasteiger partial charge in [0.2, 0.25) is 0 Å². The highest BCUT2D eigenvalue weighted by Gasteiger charge is 2.21. The van der Waals surface area contributed by atoms with Gasteiger partial charge in [-0.05, 0) is 42.8 Å². The van der Waals surface area contributed by atoms with Crippen LogP contribution < -0.4 is 14.8 Å². The number of ether oxygens (including phenoxy) is 2. The Labute approximate surface area is 169 Å². The number of benzene rings is 3. The molecular weight excluding hydrogens is 370 g/mol. The lowest BCUT2D eigenvalue weighted by Crippen LogP contribution is -2.32. The van der Waals surface area contributed by atoms with E-state index in [1.807, 2.05) is 79.7 Å². The number of carbonyl (C=O) groups is 1. The summed E-state index contributed by atoms with van der Waals surface area (Å²) in [6.07, 6.45) is -0.0798. The molecule has 5 heteroatoms. The first-order valence-corrected chi connectivity index (χ1v) is 9.95. The van der Waals surface area contributed by atoms with E-state index in [0.717, 1.165) is 15.5 Å². The fraction of sp³-hybridized carbons (Fsp3) is 0.174. The maximum atomic E-state index is 12.9. The van der Waals surface area contributed by atoms with Gasteiger partial charge in [0.1, 0.15) is 0 Å². The van der Waals surface area contributed by atoms with Crippen LogP contribution in [0.25, 0.3) is 0 Å². The molecule has 0 heterocycles. The molecule has 0 aliphatic carbocycles. The second-order valence-electron chi connectivity index (χ2n) is 6.07. The van der Waals surface area contributed by atoms with E-state index < -0.39 is 6.10 Å². The van der Waals surface area contributed by atoms with Crippen LogP contribution in [0, 0.1) is 0 Å². The quantitative estimate of drug-likeness (QED) is 0.538. The van der Waals surface area contributed by atoms with Crippen molar-refractivity contribution in [3.05, 3.63) is 78.9 Å². The highest BCUT2D eigenvalue weighted by atomic mass is 32.2. The fourth-order valence-electron chi connectivity index (χ4n) is 2.68. The van der Waals surface area contributed by atoms with Gasteiger partial charge in [0.15, 0.2) is 17.6 Å². The van der Waals surface area contributed by atoms with Crippen molar-refractivity contribution in [1.82, 2.24) is 0 Å². The third-order valence-electron chi connectivity index (χ3n) is 4.12. The van der Waals surface area contributed by atoms with Crippen molar-refractivity contribution in [3.63, 3.8) is 0 Å². The average Bonchev–Trinajstić information content (AvgIpc) is 2.74. The van der Waals surface area contributed by atoms with E-state index in [1.54, 1.807) is 24.9 Å². The van der Waals surface area contributed by atoms with Crippen LogP contribution in [-0.4, -0.2) is 19.1 Å². The summed E-state index contributed by atoms with van der Waals surface area (Å²) in [6, 6.07) is 25.2. The smallest absolute Gasteiger partial charge is 0.265 e. The molecule has 1 N–H and O–H groups in total. The summed E-state index contributed by atoms with van der Waals surface area (Å²) in [5, 5.41) is 3.01. The maximum absolute atomic E-state index is 12.9. The summed E-state index contributed by atoms with van der Waals surface area (Å²) in [4.78, 5) is 15.0. The number of anilines is 1. The van der Waals surface area contributed by atoms with Gasteiger partial charge in [-0.2, -0.15) is 0 Å². The van der Waals surface area contributed by atoms with Crippen LogP contribution in [0.3, 0.4) is 0 Å². The molecule has 144 valence electrons.